The maximum Gasteiger partial charge on any atom is 0.416 e. The van der Waals surface area contributed by atoms with E-state index in [0.717, 1.165) is 31.5 Å². The van der Waals surface area contributed by atoms with E-state index in [4.69, 9.17) is 4.74 Å². The van der Waals surface area contributed by atoms with Gasteiger partial charge < -0.3 is 9.64 Å². The topological polar surface area (TPSA) is 29.5 Å². The van der Waals surface area contributed by atoms with Crippen LogP contribution < -0.4 is 0 Å². The molecule has 140 valence electrons. The average molecular weight is 357 g/mol. The van der Waals surface area contributed by atoms with Gasteiger partial charge in [-0.2, -0.15) is 13.2 Å². The van der Waals surface area contributed by atoms with E-state index in [9.17, 15) is 18.0 Å². The predicted molar refractivity (Wildman–Crippen MR) is 89.9 cm³/mol. The zero-order valence-electron chi connectivity index (χ0n) is 15.0. The van der Waals surface area contributed by atoms with Crippen LogP contribution in [0.4, 0.5) is 13.2 Å². The Kier molecular flexibility index (Phi) is 6.14. The van der Waals surface area contributed by atoms with Gasteiger partial charge in [0.15, 0.2) is 0 Å². The molecular formula is C19H26F3NO2. The summed E-state index contributed by atoms with van der Waals surface area (Å²) in [6, 6.07) is 5.01. The number of carbonyl (C=O) groups is 1. The summed E-state index contributed by atoms with van der Waals surface area (Å²) in [6.07, 6.45) is -2.15. The second-order valence-electron chi connectivity index (χ2n) is 7.85. The van der Waals surface area contributed by atoms with Crippen LogP contribution in [0.5, 0.6) is 0 Å². The number of carbonyl (C=O) groups excluding carboxylic acids is 1. The maximum atomic E-state index is 12.6. The van der Waals surface area contributed by atoms with Crippen molar-refractivity contribution >= 4 is 5.91 Å². The lowest BCUT2D eigenvalue weighted by atomic mass is 9.91. The molecule has 1 aromatic rings. The van der Waals surface area contributed by atoms with E-state index < -0.39 is 11.7 Å². The van der Waals surface area contributed by atoms with Crippen molar-refractivity contribution in [2.75, 3.05) is 13.1 Å². The third kappa shape index (κ3) is 6.34. The fourth-order valence-corrected chi connectivity index (χ4v) is 2.87. The number of rotatable bonds is 4. The molecule has 0 aromatic heterocycles. The first kappa shape index (κ1) is 19.8. The van der Waals surface area contributed by atoms with E-state index in [0.29, 0.717) is 18.5 Å². The minimum atomic E-state index is -4.32. The summed E-state index contributed by atoms with van der Waals surface area (Å²) >= 11 is 0. The second-order valence-corrected chi connectivity index (χ2v) is 7.85. The van der Waals surface area contributed by atoms with Crippen molar-refractivity contribution in [1.82, 2.24) is 4.90 Å². The SMILES string of the molecule is CC(C)(C)CC(=O)N1CCCC(OCc2ccc(C(F)(F)F)cc2)C1. The molecule has 0 spiro atoms. The van der Waals surface area contributed by atoms with Gasteiger partial charge in [0.25, 0.3) is 0 Å². The molecule has 1 amide bonds. The van der Waals surface area contributed by atoms with Crippen molar-refractivity contribution < 1.29 is 22.7 Å². The molecule has 1 aliphatic rings. The van der Waals surface area contributed by atoms with Gasteiger partial charge >= 0.3 is 6.18 Å². The van der Waals surface area contributed by atoms with Crippen LogP contribution in [0.2, 0.25) is 0 Å². The van der Waals surface area contributed by atoms with Crippen molar-refractivity contribution in [1.29, 1.82) is 0 Å². The van der Waals surface area contributed by atoms with E-state index in [1.165, 1.54) is 12.1 Å². The third-order valence-electron chi connectivity index (χ3n) is 4.18. The average Bonchev–Trinajstić information content (AvgIpc) is 2.51. The second kappa shape index (κ2) is 7.77. The van der Waals surface area contributed by atoms with Gasteiger partial charge in [-0.3, -0.25) is 4.79 Å². The number of amides is 1. The van der Waals surface area contributed by atoms with Gasteiger partial charge in [0.1, 0.15) is 0 Å². The fourth-order valence-electron chi connectivity index (χ4n) is 2.87. The molecule has 1 saturated heterocycles. The number of hydrogen-bond acceptors (Lipinski definition) is 2. The Hall–Kier alpha value is -1.56. The summed E-state index contributed by atoms with van der Waals surface area (Å²) in [5.41, 5.74) is -0.00973. The Bertz CT molecular complexity index is 576. The Balaban J connectivity index is 1.85. The van der Waals surface area contributed by atoms with Crippen molar-refractivity contribution in [3.05, 3.63) is 35.4 Å². The van der Waals surface area contributed by atoms with E-state index in [2.05, 4.69) is 0 Å². The lowest BCUT2D eigenvalue weighted by Gasteiger charge is -2.34. The number of ether oxygens (including phenoxy) is 1. The summed E-state index contributed by atoms with van der Waals surface area (Å²) < 4.78 is 43.5. The minimum absolute atomic E-state index is 0.0505. The van der Waals surface area contributed by atoms with Gasteiger partial charge in [0.05, 0.1) is 18.3 Å². The number of likely N-dealkylation sites (tertiary alicyclic amines) is 1. The number of hydrogen-bond donors (Lipinski definition) is 0. The standard InChI is InChI=1S/C19H26F3NO2/c1-18(2,3)11-17(24)23-10-4-5-16(12-23)25-13-14-6-8-15(9-7-14)19(20,21)22/h6-9,16H,4-5,10-13H2,1-3H3. The third-order valence-corrected chi connectivity index (χ3v) is 4.18. The molecule has 2 rings (SSSR count). The summed E-state index contributed by atoms with van der Waals surface area (Å²) in [5.74, 6) is 0.135. The molecule has 0 bridgehead atoms. The zero-order valence-corrected chi connectivity index (χ0v) is 15.0. The molecule has 6 heteroatoms. The highest BCUT2D eigenvalue weighted by atomic mass is 19.4. The molecule has 1 aliphatic heterocycles. The first-order chi connectivity index (χ1) is 11.5. The van der Waals surface area contributed by atoms with E-state index >= 15 is 0 Å². The molecule has 3 nitrogen and oxygen atoms in total. The predicted octanol–water partition coefficient (Wildman–Crippen LogP) is 4.65. The molecule has 0 aliphatic carbocycles. The highest BCUT2D eigenvalue weighted by Gasteiger charge is 2.30. The van der Waals surface area contributed by atoms with Gasteiger partial charge in [0, 0.05) is 19.5 Å². The zero-order chi connectivity index (χ0) is 18.7. The molecule has 0 saturated carbocycles. The number of benzene rings is 1. The summed E-state index contributed by atoms with van der Waals surface area (Å²) in [4.78, 5) is 14.2. The number of nitrogens with zero attached hydrogens (tertiary/aromatic N) is 1. The molecule has 0 radical (unpaired) electrons. The van der Waals surface area contributed by atoms with Crippen LogP contribution in [0.1, 0.15) is 51.2 Å². The first-order valence-corrected chi connectivity index (χ1v) is 8.60. The number of piperidine rings is 1. The first-order valence-electron chi connectivity index (χ1n) is 8.60. The van der Waals surface area contributed by atoms with Crippen LogP contribution >= 0.6 is 0 Å². The molecule has 1 aromatic carbocycles. The van der Waals surface area contributed by atoms with E-state index in [1.807, 2.05) is 25.7 Å². The van der Waals surface area contributed by atoms with Gasteiger partial charge in [-0.1, -0.05) is 32.9 Å². The quantitative estimate of drug-likeness (QED) is 0.785. The normalized spacial score (nSPS) is 19.1. The Morgan fingerprint density at radius 1 is 1.20 bits per heavy atom. The smallest absolute Gasteiger partial charge is 0.372 e. The highest BCUT2D eigenvalue weighted by molar-refractivity contribution is 5.76. The van der Waals surface area contributed by atoms with Crippen LogP contribution in [-0.2, 0) is 22.3 Å². The van der Waals surface area contributed by atoms with Crippen molar-refractivity contribution in [2.24, 2.45) is 5.41 Å². The maximum absolute atomic E-state index is 12.6. The summed E-state index contributed by atoms with van der Waals surface area (Å²) in [6.45, 7) is 7.66. The Labute approximate surface area is 147 Å². The van der Waals surface area contributed by atoms with Gasteiger partial charge in [-0.05, 0) is 36.0 Å². The van der Waals surface area contributed by atoms with E-state index in [-0.39, 0.29) is 24.0 Å². The van der Waals surface area contributed by atoms with Crippen molar-refractivity contribution in [3.8, 4) is 0 Å². The van der Waals surface area contributed by atoms with Crippen LogP contribution in [0, 0.1) is 5.41 Å². The fraction of sp³-hybridized carbons (Fsp3) is 0.632. The highest BCUT2D eigenvalue weighted by Crippen LogP contribution is 2.29. The minimum Gasteiger partial charge on any atom is -0.372 e. The molecule has 1 fully saturated rings. The van der Waals surface area contributed by atoms with Gasteiger partial charge in [-0.15, -0.1) is 0 Å². The molecule has 1 atom stereocenters. The van der Waals surface area contributed by atoms with Crippen LogP contribution in [0.15, 0.2) is 24.3 Å². The van der Waals surface area contributed by atoms with Gasteiger partial charge in [0.2, 0.25) is 5.91 Å². The number of halogens is 3. The van der Waals surface area contributed by atoms with Crippen molar-refractivity contribution in [2.45, 2.75) is 58.9 Å². The van der Waals surface area contributed by atoms with Crippen molar-refractivity contribution in [3.63, 3.8) is 0 Å². The Morgan fingerprint density at radius 3 is 2.40 bits per heavy atom. The lowest BCUT2D eigenvalue weighted by molar-refractivity contribution is -0.138. The summed E-state index contributed by atoms with van der Waals surface area (Å²) in [7, 11) is 0. The monoisotopic (exact) mass is 357 g/mol. The van der Waals surface area contributed by atoms with E-state index in [1.54, 1.807) is 0 Å². The molecule has 25 heavy (non-hydrogen) atoms. The largest absolute Gasteiger partial charge is 0.416 e. The van der Waals surface area contributed by atoms with Crippen LogP contribution in [0.25, 0.3) is 0 Å². The van der Waals surface area contributed by atoms with Crippen LogP contribution in [-0.4, -0.2) is 30.0 Å². The van der Waals surface area contributed by atoms with Crippen LogP contribution in [0.3, 0.4) is 0 Å². The Morgan fingerprint density at radius 2 is 1.84 bits per heavy atom. The molecular weight excluding hydrogens is 331 g/mol. The molecule has 0 N–H and O–H groups in total. The summed E-state index contributed by atoms with van der Waals surface area (Å²) in [5, 5.41) is 0. The molecule has 1 unspecified atom stereocenters. The van der Waals surface area contributed by atoms with Gasteiger partial charge in [-0.25, -0.2) is 0 Å². The number of alkyl halides is 3. The lowest BCUT2D eigenvalue weighted by Crippen LogP contribution is -2.44. The molecule has 1 heterocycles.